The Kier molecular flexibility index (Phi) is 4.66. The normalized spacial score (nSPS) is 10.7. The van der Waals surface area contributed by atoms with Crippen molar-refractivity contribution in [1.82, 2.24) is 5.32 Å². The van der Waals surface area contributed by atoms with Gasteiger partial charge < -0.3 is 15.5 Å². The van der Waals surface area contributed by atoms with Gasteiger partial charge in [-0.1, -0.05) is 48.5 Å². The fraction of sp³-hybridized carbons (Fsp3) is 0.150. The second-order valence-electron chi connectivity index (χ2n) is 5.78. The van der Waals surface area contributed by atoms with Gasteiger partial charge in [-0.3, -0.25) is 4.79 Å². The van der Waals surface area contributed by atoms with Crippen molar-refractivity contribution in [2.75, 3.05) is 6.54 Å². The Bertz CT molecular complexity index is 874. The lowest BCUT2D eigenvalue weighted by Gasteiger charge is -2.07. The van der Waals surface area contributed by atoms with E-state index in [0.717, 1.165) is 21.9 Å². The summed E-state index contributed by atoms with van der Waals surface area (Å²) in [5.41, 5.74) is 1.84. The topological polar surface area (TPSA) is 69.6 Å². The molecule has 3 aromatic rings. The summed E-state index contributed by atoms with van der Waals surface area (Å²) in [7, 11) is 0. The third-order valence-corrected chi connectivity index (χ3v) is 3.95. The number of carbonyl (C=O) groups is 1. The molecule has 0 radical (unpaired) electrons. The molecule has 1 amide bonds. The van der Waals surface area contributed by atoms with Crippen LogP contribution < -0.4 is 5.32 Å². The number of amides is 1. The van der Waals surface area contributed by atoms with Crippen LogP contribution in [0.2, 0.25) is 0 Å². The number of phenolic OH excluding ortho intramolecular Hbond substituents is 2. The summed E-state index contributed by atoms with van der Waals surface area (Å²) in [6.07, 6.45) is 0.933. The number of rotatable bonds is 5. The summed E-state index contributed by atoms with van der Waals surface area (Å²) in [5.74, 6) is -0.317. The average Bonchev–Trinajstić information content (AvgIpc) is 2.58. The first kappa shape index (κ1) is 15.9. The molecule has 0 saturated heterocycles. The van der Waals surface area contributed by atoms with Crippen molar-refractivity contribution in [2.45, 2.75) is 12.8 Å². The molecule has 0 aliphatic heterocycles. The van der Waals surface area contributed by atoms with Gasteiger partial charge in [-0.25, -0.2) is 0 Å². The second-order valence-corrected chi connectivity index (χ2v) is 5.78. The highest BCUT2D eigenvalue weighted by Crippen LogP contribution is 2.24. The Balaban J connectivity index is 1.53. The molecular formula is C20H19NO3. The van der Waals surface area contributed by atoms with Crippen LogP contribution in [-0.2, 0) is 17.6 Å². The smallest absolute Gasteiger partial charge is 0.224 e. The molecule has 3 N–H and O–H groups in total. The molecule has 3 aromatic carbocycles. The maximum Gasteiger partial charge on any atom is 0.224 e. The molecule has 0 aromatic heterocycles. The number of aromatic hydroxyl groups is 2. The monoisotopic (exact) mass is 321 g/mol. The zero-order chi connectivity index (χ0) is 16.9. The third kappa shape index (κ3) is 3.84. The predicted molar refractivity (Wildman–Crippen MR) is 94.1 cm³/mol. The Hall–Kier alpha value is -3.01. The molecule has 0 unspecified atom stereocenters. The minimum absolute atomic E-state index is 0.0340. The third-order valence-electron chi connectivity index (χ3n) is 3.95. The van der Waals surface area contributed by atoms with Crippen LogP contribution in [0.25, 0.3) is 10.8 Å². The molecule has 3 rings (SSSR count). The van der Waals surface area contributed by atoms with Gasteiger partial charge in [0.25, 0.3) is 0 Å². The molecule has 24 heavy (non-hydrogen) atoms. The molecule has 122 valence electrons. The molecule has 0 aliphatic carbocycles. The lowest BCUT2D eigenvalue weighted by Crippen LogP contribution is -2.27. The summed E-state index contributed by atoms with van der Waals surface area (Å²) in [5, 5.41) is 23.9. The fourth-order valence-corrected chi connectivity index (χ4v) is 2.67. The van der Waals surface area contributed by atoms with E-state index in [1.165, 1.54) is 12.1 Å². The lowest BCUT2D eigenvalue weighted by molar-refractivity contribution is -0.120. The van der Waals surface area contributed by atoms with E-state index in [0.29, 0.717) is 19.4 Å². The zero-order valence-electron chi connectivity index (χ0n) is 13.2. The van der Waals surface area contributed by atoms with Crippen LogP contribution in [-0.4, -0.2) is 22.7 Å². The van der Waals surface area contributed by atoms with Crippen molar-refractivity contribution < 1.29 is 15.0 Å². The van der Waals surface area contributed by atoms with Crippen LogP contribution in [0, 0.1) is 0 Å². The summed E-state index contributed by atoms with van der Waals surface area (Å²) < 4.78 is 0. The van der Waals surface area contributed by atoms with Gasteiger partial charge in [0.15, 0.2) is 11.5 Å². The summed E-state index contributed by atoms with van der Waals surface area (Å²) in [6.45, 7) is 0.483. The van der Waals surface area contributed by atoms with Gasteiger partial charge in [0.2, 0.25) is 5.91 Å². The zero-order valence-corrected chi connectivity index (χ0v) is 13.2. The van der Waals surface area contributed by atoms with Crippen molar-refractivity contribution in [2.24, 2.45) is 0 Å². The van der Waals surface area contributed by atoms with Crippen molar-refractivity contribution >= 4 is 16.7 Å². The quantitative estimate of drug-likeness (QED) is 0.632. The number of carbonyl (C=O) groups excluding carboxylic acids is 1. The number of hydrogen-bond donors (Lipinski definition) is 3. The van der Waals surface area contributed by atoms with Crippen molar-refractivity contribution in [3.05, 3.63) is 71.8 Å². The van der Waals surface area contributed by atoms with Crippen molar-refractivity contribution in [3.8, 4) is 11.5 Å². The molecule has 4 nitrogen and oxygen atoms in total. The van der Waals surface area contributed by atoms with Gasteiger partial charge in [0.05, 0.1) is 6.42 Å². The van der Waals surface area contributed by atoms with Crippen molar-refractivity contribution in [1.29, 1.82) is 0 Å². The largest absolute Gasteiger partial charge is 0.504 e. The van der Waals surface area contributed by atoms with E-state index in [4.69, 9.17) is 0 Å². The molecule has 0 aliphatic rings. The molecule has 4 heteroatoms. The highest BCUT2D eigenvalue weighted by Gasteiger charge is 2.05. The first-order valence-corrected chi connectivity index (χ1v) is 7.87. The highest BCUT2D eigenvalue weighted by molar-refractivity contribution is 5.85. The van der Waals surface area contributed by atoms with E-state index < -0.39 is 0 Å². The Labute approximate surface area is 140 Å². The number of fused-ring (bicyclic) bond motifs is 1. The van der Waals surface area contributed by atoms with E-state index >= 15 is 0 Å². The van der Waals surface area contributed by atoms with Gasteiger partial charge in [0, 0.05) is 6.54 Å². The number of hydrogen-bond acceptors (Lipinski definition) is 3. The van der Waals surface area contributed by atoms with E-state index in [2.05, 4.69) is 5.32 Å². The van der Waals surface area contributed by atoms with Crippen LogP contribution in [0.3, 0.4) is 0 Å². The molecule has 0 fully saturated rings. The van der Waals surface area contributed by atoms with E-state index in [9.17, 15) is 15.0 Å². The van der Waals surface area contributed by atoms with Crippen LogP contribution in [0.1, 0.15) is 11.1 Å². The summed E-state index contributed by atoms with van der Waals surface area (Å²) in [4.78, 5) is 12.1. The Morgan fingerprint density at radius 2 is 1.58 bits per heavy atom. The van der Waals surface area contributed by atoms with E-state index in [1.54, 1.807) is 6.07 Å². The predicted octanol–water partition coefficient (Wildman–Crippen LogP) is 3.15. The molecule has 0 bridgehead atoms. The van der Waals surface area contributed by atoms with Crippen LogP contribution in [0.15, 0.2) is 60.7 Å². The molecule has 0 atom stereocenters. The van der Waals surface area contributed by atoms with Crippen LogP contribution >= 0.6 is 0 Å². The second kappa shape index (κ2) is 7.04. The maximum absolute atomic E-state index is 12.1. The SMILES string of the molecule is O=C(Cc1ccc2ccccc2c1)NCCc1ccc(O)c(O)c1. The maximum atomic E-state index is 12.1. The van der Waals surface area contributed by atoms with Crippen LogP contribution in [0.4, 0.5) is 0 Å². The summed E-state index contributed by atoms with van der Waals surface area (Å²) >= 11 is 0. The molecule has 0 spiro atoms. The van der Waals surface area contributed by atoms with Gasteiger partial charge >= 0.3 is 0 Å². The Morgan fingerprint density at radius 3 is 2.38 bits per heavy atom. The van der Waals surface area contributed by atoms with E-state index in [1.807, 2.05) is 42.5 Å². The van der Waals surface area contributed by atoms with Crippen LogP contribution in [0.5, 0.6) is 11.5 Å². The molecule has 0 heterocycles. The Morgan fingerprint density at radius 1 is 0.833 bits per heavy atom. The lowest BCUT2D eigenvalue weighted by atomic mass is 10.0. The molecular weight excluding hydrogens is 302 g/mol. The molecule has 0 saturated carbocycles. The van der Waals surface area contributed by atoms with Crippen molar-refractivity contribution in [3.63, 3.8) is 0 Å². The highest BCUT2D eigenvalue weighted by atomic mass is 16.3. The van der Waals surface area contributed by atoms with Gasteiger partial charge in [-0.2, -0.15) is 0 Å². The minimum atomic E-state index is -0.144. The number of nitrogens with one attached hydrogen (secondary N) is 1. The number of phenols is 2. The summed E-state index contributed by atoms with van der Waals surface area (Å²) in [6, 6.07) is 18.8. The first-order chi connectivity index (χ1) is 11.6. The standard InChI is InChI=1S/C20H19NO3/c22-18-8-6-14(12-19(18)23)9-10-21-20(24)13-15-5-7-16-3-1-2-4-17(16)11-15/h1-8,11-12,22-23H,9-10,13H2,(H,21,24). The fourth-order valence-electron chi connectivity index (χ4n) is 2.67. The minimum Gasteiger partial charge on any atom is -0.504 e. The first-order valence-electron chi connectivity index (χ1n) is 7.87. The van der Waals surface area contributed by atoms with E-state index in [-0.39, 0.29) is 17.4 Å². The average molecular weight is 321 g/mol. The van der Waals surface area contributed by atoms with Gasteiger partial charge in [-0.05, 0) is 40.5 Å². The number of benzene rings is 3. The van der Waals surface area contributed by atoms with Gasteiger partial charge in [0.1, 0.15) is 0 Å². The van der Waals surface area contributed by atoms with Gasteiger partial charge in [-0.15, -0.1) is 0 Å².